The summed E-state index contributed by atoms with van der Waals surface area (Å²) in [5, 5.41) is 2.91. The highest BCUT2D eigenvalue weighted by molar-refractivity contribution is 8.00. The first-order chi connectivity index (χ1) is 10.5. The van der Waals surface area contributed by atoms with Crippen molar-refractivity contribution in [2.75, 3.05) is 16.8 Å². The molecule has 4 heteroatoms. The highest BCUT2D eigenvalue weighted by Crippen LogP contribution is 2.23. The van der Waals surface area contributed by atoms with Gasteiger partial charge in [-0.2, -0.15) is 0 Å². The van der Waals surface area contributed by atoms with Gasteiger partial charge in [0, 0.05) is 16.3 Å². The van der Waals surface area contributed by atoms with Crippen LogP contribution in [-0.4, -0.2) is 11.7 Å². The van der Waals surface area contributed by atoms with Crippen LogP contribution < -0.4 is 11.1 Å². The quantitative estimate of drug-likeness (QED) is 0.634. The van der Waals surface area contributed by atoms with Crippen molar-refractivity contribution in [1.82, 2.24) is 0 Å². The predicted molar refractivity (Wildman–Crippen MR) is 95.5 cm³/mol. The number of thioether (sulfide) groups is 1. The number of nitrogens with one attached hydrogen (secondary N) is 1. The third kappa shape index (κ3) is 4.53. The summed E-state index contributed by atoms with van der Waals surface area (Å²) in [7, 11) is 0. The van der Waals surface area contributed by atoms with E-state index in [-0.39, 0.29) is 5.91 Å². The van der Waals surface area contributed by atoms with E-state index >= 15 is 0 Å². The predicted octanol–water partition coefficient (Wildman–Crippen LogP) is 4.43. The van der Waals surface area contributed by atoms with Gasteiger partial charge in [0.05, 0.1) is 5.75 Å². The summed E-state index contributed by atoms with van der Waals surface area (Å²) in [6, 6.07) is 13.9. The number of carbonyl (C=O) groups is 1. The van der Waals surface area contributed by atoms with E-state index in [0.29, 0.717) is 17.4 Å². The van der Waals surface area contributed by atoms with Crippen LogP contribution in [0.3, 0.4) is 0 Å². The van der Waals surface area contributed by atoms with Crippen molar-refractivity contribution in [3.63, 3.8) is 0 Å². The van der Waals surface area contributed by atoms with Crippen molar-refractivity contribution in [3.8, 4) is 0 Å². The van der Waals surface area contributed by atoms with Crippen LogP contribution in [0.4, 0.5) is 11.4 Å². The maximum atomic E-state index is 12.1. The Balaban J connectivity index is 1.91. The van der Waals surface area contributed by atoms with Gasteiger partial charge in [-0.25, -0.2) is 0 Å². The van der Waals surface area contributed by atoms with E-state index < -0.39 is 0 Å². The Morgan fingerprint density at radius 3 is 2.50 bits per heavy atom. The summed E-state index contributed by atoms with van der Waals surface area (Å²) in [6.45, 7) is 6.29. The molecule has 0 radical (unpaired) electrons. The second-order valence-corrected chi connectivity index (χ2v) is 6.68. The molecule has 0 atom stereocenters. The van der Waals surface area contributed by atoms with E-state index in [9.17, 15) is 4.79 Å². The highest BCUT2D eigenvalue weighted by atomic mass is 32.2. The number of amides is 1. The van der Waals surface area contributed by atoms with Crippen LogP contribution in [0, 0.1) is 6.92 Å². The number of carbonyl (C=O) groups excluding carboxylic acids is 1. The number of nitrogen functional groups attached to an aromatic ring is 1. The molecule has 0 heterocycles. The summed E-state index contributed by atoms with van der Waals surface area (Å²) < 4.78 is 0. The van der Waals surface area contributed by atoms with E-state index in [1.165, 1.54) is 17.3 Å². The molecule has 22 heavy (non-hydrogen) atoms. The van der Waals surface area contributed by atoms with Gasteiger partial charge >= 0.3 is 0 Å². The monoisotopic (exact) mass is 314 g/mol. The fourth-order valence-electron chi connectivity index (χ4n) is 2.06. The smallest absolute Gasteiger partial charge is 0.234 e. The zero-order valence-electron chi connectivity index (χ0n) is 13.2. The van der Waals surface area contributed by atoms with Gasteiger partial charge in [-0.05, 0) is 48.2 Å². The Morgan fingerprint density at radius 2 is 1.86 bits per heavy atom. The molecule has 2 rings (SSSR count). The van der Waals surface area contributed by atoms with E-state index in [4.69, 9.17) is 5.73 Å². The van der Waals surface area contributed by atoms with Crippen molar-refractivity contribution < 1.29 is 4.79 Å². The summed E-state index contributed by atoms with van der Waals surface area (Å²) in [5.74, 6) is 0.885. The molecule has 116 valence electrons. The molecule has 0 spiro atoms. The molecule has 0 saturated heterocycles. The third-order valence-electron chi connectivity index (χ3n) is 3.45. The molecule has 0 aliphatic carbocycles. The summed E-state index contributed by atoms with van der Waals surface area (Å²) in [6.07, 6.45) is 0. The lowest BCUT2D eigenvalue weighted by Gasteiger charge is -2.10. The van der Waals surface area contributed by atoms with Gasteiger partial charge in [-0.3, -0.25) is 4.79 Å². The van der Waals surface area contributed by atoms with Crippen molar-refractivity contribution >= 4 is 29.0 Å². The molecule has 0 aliphatic rings. The summed E-state index contributed by atoms with van der Waals surface area (Å²) >= 11 is 1.53. The molecule has 2 aromatic carbocycles. The van der Waals surface area contributed by atoms with Gasteiger partial charge in [0.25, 0.3) is 0 Å². The van der Waals surface area contributed by atoms with Crippen molar-refractivity contribution in [1.29, 1.82) is 0 Å². The fourth-order valence-corrected chi connectivity index (χ4v) is 2.76. The minimum Gasteiger partial charge on any atom is -0.399 e. The van der Waals surface area contributed by atoms with Crippen LogP contribution in [0.25, 0.3) is 0 Å². The van der Waals surface area contributed by atoms with Crippen LogP contribution in [0.15, 0.2) is 47.4 Å². The van der Waals surface area contributed by atoms with Crippen LogP contribution in [0.2, 0.25) is 0 Å². The number of anilines is 2. The van der Waals surface area contributed by atoms with E-state index in [2.05, 4.69) is 43.4 Å². The molecule has 1 amide bonds. The molecular formula is C18H22N2OS. The van der Waals surface area contributed by atoms with Gasteiger partial charge < -0.3 is 11.1 Å². The van der Waals surface area contributed by atoms with Gasteiger partial charge in [0.1, 0.15) is 0 Å². The second-order valence-electron chi connectivity index (χ2n) is 5.63. The zero-order valence-corrected chi connectivity index (χ0v) is 14.0. The molecular weight excluding hydrogens is 292 g/mol. The molecule has 3 N–H and O–H groups in total. The maximum absolute atomic E-state index is 12.1. The third-order valence-corrected chi connectivity index (χ3v) is 4.46. The van der Waals surface area contributed by atoms with Crippen molar-refractivity contribution in [3.05, 3.63) is 53.6 Å². The first kappa shape index (κ1) is 16.4. The Labute approximate surface area is 136 Å². The average molecular weight is 314 g/mol. The Bertz CT molecular complexity index is 651. The van der Waals surface area contributed by atoms with E-state index in [0.717, 1.165) is 16.1 Å². The standard InChI is InChI=1S/C18H22N2OS/c1-12(2)14-5-8-16(9-6-14)22-11-18(21)20-17-10-15(19)7-4-13(17)3/h4-10,12H,11,19H2,1-3H3,(H,20,21). The largest absolute Gasteiger partial charge is 0.399 e. The maximum Gasteiger partial charge on any atom is 0.234 e. The Morgan fingerprint density at radius 1 is 1.18 bits per heavy atom. The first-order valence-corrected chi connectivity index (χ1v) is 8.33. The first-order valence-electron chi connectivity index (χ1n) is 7.34. The lowest BCUT2D eigenvalue weighted by atomic mass is 10.0. The van der Waals surface area contributed by atoms with E-state index in [1.54, 1.807) is 6.07 Å². The second kappa shape index (κ2) is 7.36. The SMILES string of the molecule is Cc1ccc(N)cc1NC(=O)CSc1ccc(C(C)C)cc1. The Kier molecular flexibility index (Phi) is 5.50. The van der Waals surface area contributed by atoms with Gasteiger partial charge in [-0.15, -0.1) is 11.8 Å². The topological polar surface area (TPSA) is 55.1 Å². The molecule has 0 aromatic heterocycles. The minimum atomic E-state index is -0.0216. The molecule has 0 fully saturated rings. The van der Waals surface area contributed by atoms with Crippen LogP contribution >= 0.6 is 11.8 Å². The van der Waals surface area contributed by atoms with Crippen molar-refractivity contribution in [2.45, 2.75) is 31.6 Å². The van der Waals surface area contributed by atoms with Crippen molar-refractivity contribution in [2.24, 2.45) is 0 Å². The number of rotatable bonds is 5. The fraction of sp³-hybridized carbons (Fsp3) is 0.278. The van der Waals surface area contributed by atoms with Crippen LogP contribution in [-0.2, 0) is 4.79 Å². The van der Waals surface area contributed by atoms with E-state index in [1.807, 2.05) is 19.1 Å². The van der Waals surface area contributed by atoms with Gasteiger partial charge in [0.2, 0.25) is 5.91 Å². The van der Waals surface area contributed by atoms with Gasteiger partial charge in [0.15, 0.2) is 0 Å². The number of benzene rings is 2. The van der Waals surface area contributed by atoms with Crippen LogP contribution in [0.5, 0.6) is 0 Å². The number of hydrogen-bond acceptors (Lipinski definition) is 3. The lowest BCUT2D eigenvalue weighted by Crippen LogP contribution is -2.15. The molecule has 0 unspecified atom stereocenters. The number of hydrogen-bond donors (Lipinski definition) is 2. The van der Waals surface area contributed by atoms with Crippen LogP contribution in [0.1, 0.15) is 30.9 Å². The minimum absolute atomic E-state index is 0.0216. The zero-order chi connectivity index (χ0) is 16.1. The number of aryl methyl sites for hydroxylation is 1. The Hall–Kier alpha value is -1.94. The highest BCUT2D eigenvalue weighted by Gasteiger charge is 2.07. The molecule has 2 aromatic rings. The molecule has 0 bridgehead atoms. The lowest BCUT2D eigenvalue weighted by molar-refractivity contribution is -0.113. The molecule has 0 saturated carbocycles. The molecule has 3 nitrogen and oxygen atoms in total. The number of nitrogens with two attached hydrogens (primary N) is 1. The summed E-state index contributed by atoms with van der Waals surface area (Å²) in [5.41, 5.74) is 9.50. The average Bonchev–Trinajstić information content (AvgIpc) is 2.49. The normalized spacial score (nSPS) is 10.7. The summed E-state index contributed by atoms with van der Waals surface area (Å²) in [4.78, 5) is 13.2. The van der Waals surface area contributed by atoms with Gasteiger partial charge in [-0.1, -0.05) is 32.0 Å². The molecule has 0 aliphatic heterocycles.